The van der Waals surface area contributed by atoms with Crippen molar-refractivity contribution in [3.63, 3.8) is 0 Å². The van der Waals surface area contributed by atoms with Gasteiger partial charge in [0.05, 0.1) is 24.6 Å². The summed E-state index contributed by atoms with van der Waals surface area (Å²) in [5.74, 6) is -0.974. The molecule has 1 aliphatic rings. The van der Waals surface area contributed by atoms with E-state index < -0.39 is 5.97 Å². The average molecular weight is 316 g/mol. The minimum Gasteiger partial charge on any atom is -0.481 e. The molecule has 0 spiro atoms. The zero-order valence-electron chi connectivity index (χ0n) is 11.9. The number of carbonyl (C=O) groups is 2. The van der Waals surface area contributed by atoms with Crippen LogP contribution in [0.4, 0.5) is 0 Å². The van der Waals surface area contributed by atoms with Crippen LogP contribution in [0.1, 0.15) is 34.2 Å². The lowest BCUT2D eigenvalue weighted by atomic mass is 10.0. The average Bonchev–Trinajstić information content (AvgIpc) is 3.10. The van der Waals surface area contributed by atoms with Gasteiger partial charge in [0, 0.05) is 5.38 Å². The first-order valence-electron chi connectivity index (χ1n) is 7.14. The zero-order valence-corrected chi connectivity index (χ0v) is 12.7. The molecule has 1 amide bonds. The minimum atomic E-state index is -0.900. The molecule has 114 valence electrons. The summed E-state index contributed by atoms with van der Waals surface area (Å²) in [5, 5.41) is 14.1. The highest BCUT2D eigenvalue weighted by atomic mass is 32.1. The van der Waals surface area contributed by atoms with Crippen LogP contribution < -0.4 is 5.32 Å². The van der Waals surface area contributed by atoms with Crippen LogP contribution >= 0.6 is 11.3 Å². The number of hydrogen-bond acceptors (Lipinski definition) is 4. The SMILES string of the molecule is O=C(O)Cc1csc(CNC(=O)C2CCc3ccccc32)n1. The number of aromatic nitrogens is 1. The molecule has 2 N–H and O–H groups in total. The van der Waals surface area contributed by atoms with E-state index in [1.54, 1.807) is 5.38 Å². The van der Waals surface area contributed by atoms with Crippen molar-refractivity contribution in [3.8, 4) is 0 Å². The fourth-order valence-corrected chi connectivity index (χ4v) is 3.52. The van der Waals surface area contributed by atoms with Crippen molar-refractivity contribution in [1.82, 2.24) is 10.3 Å². The van der Waals surface area contributed by atoms with E-state index in [2.05, 4.69) is 16.4 Å². The summed E-state index contributed by atoms with van der Waals surface area (Å²) in [6.07, 6.45) is 1.70. The van der Waals surface area contributed by atoms with E-state index in [9.17, 15) is 9.59 Å². The van der Waals surface area contributed by atoms with Gasteiger partial charge in [0.15, 0.2) is 0 Å². The summed E-state index contributed by atoms with van der Waals surface area (Å²) >= 11 is 1.37. The molecule has 0 aliphatic heterocycles. The molecule has 3 rings (SSSR count). The quantitative estimate of drug-likeness (QED) is 0.885. The third kappa shape index (κ3) is 3.17. The van der Waals surface area contributed by atoms with Crippen molar-refractivity contribution in [2.75, 3.05) is 0 Å². The second-order valence-corrected chi connectivity index (χ2v) is 6.25. The number of carboxylic acid groups (broad SMARTS) is 1. The van der Waals surface area contributed by atoms with Gasteiger partial charge in [0.2, 0.25) is 5.91 Å². The van der Waals surface area contributed by atoms with Gasteiger partial charge >= 0.3 is 5.97 Å². The first-order valence-corrected chi connectivity index (χ1v) is 8.02. The lowest BCUT2D eigenvalue weighted by Gasteiger charge is -2.11. The number of nitrogens with zero attached hydrogens (tertiary/aromatic N) is 1. The number of carbonyl (C=O) groups excluding carboxylic acids is 1. The number of aryl methyl sites for hydroxylation is 1. The Hall–Kier alpha value is -2.21. The summed E-state index contributed by atoms with van der Waals surface area (Å²) < 4.78 is 0. The van der Waals surface area contributed by atoms with E-state index in [1.807, 2.05) is 18.2 Å². The molecule has 0 saturated heterocycles. The zero-order chi connectivity index (χ0) is 15.5. The van der Waals surface area contributed by atoms with Crippen molar-refractivity contribution >= 4 is 23.2 Å². The van der Waals surface area contributed by atoms with Crippen LogP contribution in [0.3, 0.4) is 0 Å². The molecule has 0 fully saturated rings. The largest absolute Gasteiger partial charge is 0.481 e. The summed E-state index contributed by atoms with van der Waals surface area (Å²) in [6.45, 7) is 0.349. The van der Waals surface area contributed by atoms with E-state index in [4.69, 9.17) is 5.11 Å². The van der Waals surface area contributed by atoms with Gasteiger partial charge in [0.1, 0.15) is 5.01 Å². The van der Waals surface area contributed by atoms with Gasteiger partial charge < -0.3 is 10.4 Å². The molecule has 5 nitrogen and oxygen atoms in total. The van der Waals surface area contributed by atoms with Gasteiger partial charge in [-0.05, 0) is 24.0 Å². The maximum absolute atomic E-state index is 12.3. The van der Waals surface area contributed by atoms with Crippen molar-refractivity contribution in [1.29, 1.82) is 0 Å². The Morgan fingerprint density at radius 2 is 2.18 bits per heavy atom. The Morgan fingerprint density at radius 1 is 1.36 bits per heavy atom. The fraction of sp³-hybridized carbons (Fsp3) is 0.312. The van der Waals surface area contributed by atoms with Crippen molar-refractivity contribution in [3.05, 3.63) is 51.5 Å². The van der Waals surface area contributed by atoms with Gasteiger partial charge in [0.25, 0.3) is 0 Å². The Kier molecular flexibility index (Phi) is 4.20. The molecule has 1 aromatic carbocycles. The molecule has 22 heavy (non-hydrogen) atoms. The van der Waals surface area contributed by atoms with E-state index in [0.717, 1.165) is 23.4 Å². The van der Waals surface area contributed by atoms with E-state index in [0.29, 0.717) is 12.2 Å². The Balaban J connectivity index is 1.59. The van der Waals surface area contributed by atoms with Crippen molar-refractivity contribution in [2.45, 2.75) is 31.7 Å². The van der Waals surface area contributed by atoms with Crippen LogP contribution in [-0.4, -0.2) is 22.0 Å². The van der Waals surface area contributed by atoms with E-state index >= 15 is 0 Å². The summed E-state index contributed by atoms with van der Waals surface area (Å²) in [6, 6.07) is 8.05. The van der Waals surface area contributed by atoms with Crippen LogP contribution in [0.2, 0.25) is 0 Å². The summed E-state index contributed by atoms with van der Waals surface area (Å²) in [5.41, 5.74) is 2.90. The van der Waals surface area contributed by atoms with E-state index in [1.165, 1.54) is 16.9 Å². The predicted octanol–water partition coefficient (Wildman–Crippen LogP) is 2.12. The highest BCUT2D eigenvalue weighted by Gasteiger charge is 2.27. The third-order valence-electron chi connectivity index (χ3n) is 3.79. The van der Waals surface area contributed by atoms with E-state index in [-0.39, 0.29) is 18.2 Å². The lowest BCUT2D eigenvalue weighted by molar-refractivity contribution is -0.136. The molecular formula is C16H16N2O3S. The maximum atomic E-state index is 12.3. The number of hydrogen-bond donors (Lipinski definition) is 2. The van der Waals surface area contributed by atoms with Crippen LogP contribution in [-0.2, 0) is 29.0 Å². The molecule has 1 unspecified atom stereocenters. The van der Waals surface area contributed by atoms with Crippen LogP contribution in [0.15, 0.2) is 29.6 Å². The summed E-state index contributed by atoms with van der Waals surface area (Å²) in [4.78, 5) is 27.2. The highest BCUT2D eigenvalue weighted by molar-refractivity contribution is 7.09. The third-order valence-corrected chi connectivity index (χ3v) is 4.69. The Labute approximate surface area is 132 Å². The van der Waals surface area contributed by atoms with Gasteiger partial charge in [-0.15, -0.1) is 11.3 Å². The monoisotopic (exact) mass is 316 g/mol. The summed E-state index contributed by atoms with van der Waals surface area (Å²) in [7, 11) is 0. The number of amides is 1. The molecule has 1 aromatic heterocycles. The number of fused-ring (bicyclic) bond motifs is 1. The molecule has 1 heterocycles. The van der Waals surface area contributed by atoms with Gasteiger partial charge in [-0.2, -0.15) is 0 Å². The number of rotatable bonds is 5. The second-order valence-electron chi connectivity index (χ2n) is 5.31. The topological polar surface area (TPSA) is 79.3 Å². The predicted molar refractivity (Wildman–Crippen MR) is 82.8 cm³/mol. The molecule has 6 heteroatoms. The Bertz CT molecular complexity index is 711. The number of thiazole rings is 1. The minimum absolute atomic E-state index is 0.0138. The number of nitrogens with one attached hydrogen (secondary N) is 1. The molecule has 2 aromatic rings. The number of aliphatic carboxylic acids is 1. The number of carboxylic acids is 1. The highest BCUT2D eigenvalue weighted by Crippen LogP contribution is 2.32. The normalized spacial score (nSPS) is 16.3. The lowest BCUT2D eigenvalue weighted by Crippen LogP contribution is -2.27. The molecule has 1 atom stereocenters. The van der Waals surface area contributed by atoms with Crippen molar-refractivity contribution < 1.29 is 14.7 Å². The van der Waals surface area contributed by atoms with Crippen molar-refractivity contribution in [2.24, 2.45) is 0 Å². The molecule has 0 radical (unpaired) electrons. The smallest absolute Gasteiger partial charge is 0.309 e. The van der Waals surface area contributed by atoms with Gasteiger partial charge in [-0.3, -0.25) is 9.59 Å². The molecule has 0 saturated carbocycles. The van der Waals surface area contributed by atoms with Gasteiger partial charge in [-0.25, -0.2) is 4.98 Å². The first kappa shape index (κ1) is 14.7. The standard InChI is InChI=1S/C16H16N2O3S/c19-15(20)7-11-9-22-14(18-11)8-17-16(21)13-6-5-10-3-1-2-4-12(10)13/h1-4,9,13H,5-8H2,(H,17,21)(H,19,20). The molecule has 0 bridgehead atoms. The first-order chi connectivity index (χ1) is 10.6. The van der Waals surface area contributed by atoms with Gasteiger partial charge in [-0.1, -0.05) is 24.3 Å². The molecule has 1 aliphatic carbocycles. The van der Waals surface area contributed by atoms with Crippen LogP contribution in [0.25, 0.3) is 0 Å². The molecular weight excluding hydrogens is 300 g/mol. The van der Waals surface area contributed by atoms with Crippen LogP contribution in [0.5, 0.6) is 0 Å². The van der Waals surface area contributed by atoms with Crippen LogP contribution in [0, 0.1) is 0 Å². The second kappa shape index (κ2) is 6.27. The Morgan fingerprint density at radius 3 is 3.00 bits per heavy atom. The fourth-order valence-electron chi connectivity index (χ4n) is 2.78. The number of benzene rings is 1. The maximum Gasteiger partial charge on any atom is 0.309 e.